The number of rotatable bonds is 14. The smallest absolute Gasteiger partial charge is 0.287 e. The van der Waals surface area contributed by atoms with Crippen molar-refractivity contribution in [3.63, 3.8) is 0 Å². The van der Waals surface area contributed by atoms with Crippen LogP contribution in [0.15, 0.2) is 65.6 Å². The molecule has 3 unspecified atom stereocenters. The van der Waals surface area contributed by atoms with E-state index in [1.807, 2.05) is 37.3 Å². The molecule has 1 aliphatic heterocycles. The van der Waals surface area contributed by atoms with E-state index in [4.69, 9.17) is 6.42 Å². The second-order valence-electron chi connectivity index (χ2n) is 10.5. The minimum atomic E-state index is -3.68. The third-order valence-electron chi connectivity index (χ3n) is 7.01. The zero-order valence-electron chi connectivity index (χ0n) is 23.3. The van der Waals surface area contributed by atoms with Crippen LogP contribution < -0.4 is 10.7 Å². The Hall–Kier alpha value is -3.23. The summed E-state index contributed by atoms with van der Waals surface area (Å²) in [6.45, 7) is 4.80. The molecule has 1 aliphatic rings. The second-order valence-corrected chi connectivity index (χ2v) is 12.5. The highest BCUT2D eigenvalue weighted by Crippen LogP contribution is 2.22. The summed E-state index contributed by atoms with van der Waals surface area (Å²) in [5.41, 5.74) is 3.59. The summed E-state index contributed by atoms with van der Waals surface area (Å²) >= 11 is 0. The number of quaternary nitrogens is 1. The summed E-state index contributed by atoms with van der Waals surface area (Å²) in [5.74, 6) is 0.710. The predicted octanol–water partition coefficient (Wildman–Crippen LogP) is 2.92. The van der Waals surface area contributed by atoms with Gasteiger partial charge in [-0.3, -0.25) is 9.59 Å². The molecule has 0 bridgehead atoms. The van der Waals surface area contributed by atoms with Gasteiger partial charge in [-0.25, -0.2) is 8.42 Å². The molecule has 10 heteroatoms. The number of carbonyl (C=O) groups excluding carboxylic acids is 2. The van der Waals surface area contributed by atoms with Gasteiger partial charge in [-0.1, -0.05) is 73.1 Å². The molecule has 1 saturated heterocycles. The molecule has 3 N–H and O–H groups in total. The van der Waals surface area contributed by atoms with Crippen molar-refractivity contribution < 1.29 is 28.0 Å². The van der Waals surface area contributed by atoms with Crippen LogP contribution >= 0.6 is 0 Å². The molecule has 2 amide bonds. The van der Waals surface area contributed by atoms with E-state index in [0.717, 1.165) is 12.0 Å². The molecule has 0 radical (unpaired) electrons. The van der Waals surface area contributed by atoms with E-state index in [9.17, 15) is 23.2 Å². The van der Waals surface area contributed by atoms with Crippen LogP contribution in [0.1, 0.15) is 45.1 Å². The van der Waals surface area contributed by atoms with Gasteiger partial charge >= 0.3 is 0 Å². The van der Waals surface area contributed by atoms with Crippen molar-refractivity contribution in [1.82, 2.24) is 15.6 Å². The van der Waals surface area contributed by atoms with Crippen LogP contribution in [0.2, 0.25) is 0 Å². The zero-order chi connectivity index (χ0) is 29.2. The molecule has 9 nitrogen and oxygen atoms in total. The van der Waals surface area contributed by atoms with Gasteiger partial charge in [0.2, 0.25) is 6.04 Å². The fourth-order valence-corrected chi connectivity index (χ4v) is 6.76. The standard InChI is InChI=1S/C30H40N4O5S/c1-4-13-28(30(36)33(20-5-2)21-25-14-8-6-9-15-25)34(37,32-29(35)27-18-12-19-31-27)22-24(3)23-40(38,39)26-16-10-7-11-17-26/h1,6-11,14-17,24,27-28,31,37H,5,12-13,18-23H2,2-3H3/p+1/t24-,27?,28?,34?/m1/s1. The average Bonchev–Trinajstić information content (AvgIpc) is 3.47. The molecule has 0 aliphatic carbocycles. The topological polar surface area (TPSA) is 116 Å². The first-order chi connectivity index (χ1) is 19.1. The van der Waals surface area contributed by atoms with Gasteiger partial charge in [0, 0.05) is 19.0 Å². The van der Waals surface area contributed by atoms with Crippen LogP contribution in [-0.4, -0.2) is 72.6 Å². The number of amides is 2. The fourth-order valence-electron chi connectivity index (χ4n) is 5.14. The Balaban J connectivity index is 1.92. The molecule has 1 fully saturated rings. The molecule has 0 spiro atoms. The monoisotopic (exact) mass is 569 g/mol. The molecule has 2 aromatic rings. The van der Waals surface area contributed by atoms with Gasteiger partial charge in [-0.15, -0.1) is 6.42 Å². The molecular formula is C30H41N4O5S+. The van der Waals surface area contributed by atoms with Crippen molar-refractivity contribution in [2.45, 2.75) is 63.1 Å². The SMILES string of the molecule is C#CCC(C(=O)N(CCC)Cc1ccccc1)[N+](O)(C[C@@H](C)CS(=O)(=O)c1ccccc1)NC(=O)C1CCCN1. The molecule has 0 saturated carbocycles. The van der Waals surface area contributed by atoms with Crippen LogP contribution in [0.5, 0.6) is 0 Å². The zero-order valence-corrected chi connectivity index (χ0v) is 24.1. The normalized spacial score (nSPS) is 18.2. The Morgan fingerprint density at radius 2 is 1.82 bits per heavy atom. The Bertz CT molecular complexity index is 1260. The van der Waals surface area contributed by atoms with Crippen LogP contribution in [-0.2, 0) is 26.0 Å². The summed E-state index contributed by atoms with van der Waals surface area (Å²) in [4.78, 5) is 29.1. The van der Waals surface area contributed by atoms with Crippen molar-refractivity contribution in [2.24, 2.45) is 5.92 Å². The summed E-state index contributed by atoms with van der Waals surface area (Å²) < 4.78 is 25.0. The Labute approximate surface area is 238 Å². The fraction of sp³-hybridized carbons (Fsp3) is 0.467. The van der Waals surface area contributed by atoms with E-state index in [-0.39, 0.29) is 23.6 Å². The Morgan fingerprint density at radius 1 is 1.18 bits per heavy atom. The highest BCUT2D eigenvalue weighted by atomic mass is 32.2. The van der Waals surface area contributed by atoms with Crippen LogP contribution in [0, 0.1) is 18.3 Å². The van der Waals surface area contributed by atoms with Crippen LogP contribution in [0.25, 0.3) is 0 Å². The van der Waals surface area contributed by atoms with Crippen molar-refractivity contribution >= 4 is 21.7 Å². The highest BCUT2D eigenvalue weighted by Gasteiger charge is 2.47. The lowest BCUT2D eigenvalue weighted by Gasteiger charge is -2.39. The molecule has 3 rings (SSSR count). The van der Waals surface area contributed by atoms with E-state index in [1.165, 1.54) is 12.1 Å². The number of carbonyl (C=O) groups is 2. The van der Waals surface area contributed by atoms with Crippen molar-refractivity contribution in [3.8, 4) is 12.3 Å². The van der Waals surface area contributed by atoms with E-state index < -0.39 is 44.4 Å². The Morgan fingerprint density at radius 3 is 2.40 bits per heavy atom. The van der Waals surface area contributed by atoms with Crippen LogP contribution in [0.4, 0.5) is 0 Å². The summed E-state index contributed by atoms with van der Waals surface area (Å²) in [6, 6.07) is 15.8. The quantitative estimate of drug-likeness (QED) is 0.183. The number of hydrogen-bond acceptors (Lipinski definition) is 6. The third kappa shape index (κ3) is 8.38. The average molecular weight is 570 g/mol. The molecule has 1 heterocycles. The lowest BCUT2D eigenvalue weighted by molar-refractivity contribution is -1.14. The summed E-state index contributed by atoms with van der Waals surface area (Å²) in [5, 5.41) is 15.2. The van der Waals surface area contributed by atoms with Gasteiger partial charge < -0.3 is 10.2 Å². The maximum Gasteiger partial charge on any atom is 0.287 e. The van der Waals surface area contributed by atoms with E-state index in [2.05, 4.69) is 16.7 Å². The first kappa shape index (κ1) is 31.3. The van der Waals surface area contributed by atoms with E-state index in [1.54, 1.807) is 30.0 Å². The van der Waals surface area contributed by atoms with E-state index >= 15 is 0 Å². The number of nitrogens with one attached hydrogen (secondary N) is 2. The number of nitrogens with zero attached hydrogens (tertiary/aromatic N) is 2. The predicted molar refractivity (Wildman–Crippen MR) is 153 cm³/mol. The maximum atomic E-state index is 14.0. The molecule has 4 atom stereocenters. The minimum absolute atomic E-state index is 0.152. The first-order valence-corrected chi connectivity index (χ1v) is 15.4. The molecule has 2 aromatic carbocycles. The molecule has 40 heavy (non-hydrogen) atoms. The van der Waals surface area contributed by atoms with Gasteiger partial charge in [0.1, 0.15) is 6.54 Å². The maximum absolute atomic E-state index is 14.0. The lowest BCUT2D eigenvalue weighted by Crippen LogP contribution is -2.70. The van der Waals surface area contributed by atoms with Crippen molar-refractivity contribution in [3.05, 3.63) is 66.2 Å². The van der Waals surface area contributed by atoms with E-state index in [0.29, 0.717) is 32.5 Å². The third-order valence-corrected chi connectivity index (χ3v) is 9.01. The number of sulfone groups is 1. The molecule has 216 valence electrons. The minimum Gasteiger partial charge on any atom is -0.333 e. The van der Waals surface area contributed by atoms with Crippen LogP contribution in [0.3, 0.4) is 0 Å². The number of hydrogen-bond donors (Lipinski definition) is 3. The number of terminal acetylenes is 1. The summed E-state index contributed by atoms with van der Waals surface area (Å²) in [6.07, 6.45) is 7.61. The molecule has 0 aromatic heterocycles. The van der Waals surface area contributed by atoms with Gasteiger partial charge in [0.05, 0.1) is 23.1 Å². The number of benzene rings is 2. The molecular weight excluding hydrogens is 528 g/mol. The van der Waals surface area contributed by atoms with Gasteiger partial charge in [-0.2, -0.15) is 10.6 Å². The van der Waals surface area contributed by atoms with Gasteiger partial charge in [-0.05, 0) is 43.5 Å². The second kappa shape index (κ2) is 14.4. The van der Waals surface area contributed by atoms with Crippen molar-refractivity contribution in [1.29, 1.82) is 0 Å². The summed E-state index contributed by atoms with van der Waals surface area (Å²) in [7, 11) is -3.68. The highest BCUT2D eigenvalue weighted by molar-refractivity contribution is 7.91. The van der Waals surface area contributed by atoms with Gasteiger partial charge in [0.15, 0.2) is 9.84 Å². The largest absolute Gasteiger partial charge is 0.333 e. The lowest BCUT2D eigenvalue weighted by atomic mass is 10.1. The first-order valence-electron chi connectivity index (χ1n) is 13.8. The Kier molecular flexibility index (Phi) is 11.3. The van der Waals surface area contributed by atoms with Crippen molar-refractivity contribution in [2.75, 3.05) is 25.4 Å². The number of hydroxylamine groups is 2. The van der Waals surface area contributed by atoms with Gasteiger partial charge in [0.25, 0.3) is 11.8 Å².